The largest absolute Gasteiger partial charge is 0.497 e. The van der Waals surface area contributed by atoms with E-state index in [2.05, 4.69) is 20.6 Å². The van der Waals surface area contributed by atoms with E-state index in [0.717, 1.165) is 22.1 Å². The highest BCUT2D eigenvalue weighted by atomic mass is 16.5. The fraction of sp³-hybridized carbons (Fsp3) is 0.154. The number of carbonyl (C=O) groups excluding carboxylic acids is 1. The molecule has 0 fully saturated rings. The lowest BCUT2D eigenvalue weighted by atomic mass is 10.1. The molecule has 0 radical (unpaired) electrons. The molecule has 3 aromatic carbocycles. The number of rotatable bonds is 9. The van der Waals surface area contributed by atoms with E-state index in [0.29, 0.717) is 29.6 Å². The average Bonchev–Trinajstić information content (AvgIpc) is 3.33. The molecule has 0 aliphatic heterocycles. The van der Waals surface area contributed by atoms with Gasteiger partial charge in [-0.2, -0.15) is 4.52 Å². The maximum absolute atomic E-state index is 12.2. The molecular formula is C26H23N5O4. The third-order valence-electron chi connectivity index (χ3n) is 5.37. The minimum atomic E-state index is -0.231. The summed E-state index contributed by atoms with van der Waals surface area (Å²) in [6, 6.07) is 24.6. The molecule has 2 heterocycles. The zero-order valence-corrected chi connectivity index (χ0v) is 19.0. The molecule has 0 saturated carbocycles. The third-order valence-corrected chi connectivity index (χ3v) is 5.37. The standard InChI is InChI=1S/C26H23N5O4/c1-33-20-11-9-19(10-12-20)26-29-28-23-13-14-25(30-31(23)26)34-16-15-27-24(32)17-35-22-8-4-6-18-5-2-3-7-21(18)22/h2-14H,15-17H2,1H3,(H,27,32). The van der Waals surface area contributed by atoms with Crippen LogP contribution in [0.25, 0.3) is 27.8 Å². The van der Waals surface area contributed by atoms with Gasteiger partial charge in [0.25, 0.3) is 5.91 Å². The van der Waals surface area contributed by atoms with Crippen LogP contribution in [0.4, 0.5) is 0 Å². The number of carbonyl (C=O) groups is 1. The van der Waals surface area contributed by atoms with Crippen molar-refractivity contribution in [1.82, 2.24) is 25.1 Å². The van der Waals surface area contributed by atoms with Crippen LogP contribution in [-0.4, -0.2) is 52.6 Å². The van der Waals surface area contributed by atoms with Crippen LogP contribution in [0.1, 0.15) is 0 Å². The quantitative estimate of drug-likeness (QED) is 0.330. The second-order valence-electron chi connectivity index (χ2n) is 7.66. The van der Waals surface area contributed by atoms with Crippen LogP contribution in [0.3, 0.4) is 0 Å². The summed E-state index contributed by atoms with van der Waals surface area (Å²) < 4.78 is 18.3. The predicted molar refractivity (Wildman–Crippen MR) is 131 cm³/mol. The molecule has 2 aromatic heterocycles. The van der Waals surface area contributed by atoms with Crippen molar-refractivity contribution >= 4 is 22.3 Å². The highest BCUT2D eigenvalue weighted by Gasteiger charge is 2.11. The van der Waals surface area contributed by atoms with Gasteiger partial charge in [0, 0.05) is 17.0 Å². The first-order valence-electron chi connectivity index (χ1n) is 11.1. The Morgan fingerprint density at radius 2 is 1.74 bits per heavy atom. The van der Waals surface area contributed by atoms with Crippen molar-refractivity contribution in [3.63, 3.8) is 0 Å². The van der Waals surface area contributed by atoms with Crippen LogP contribution in [0.15, 0.2) is 78.9 Å². The smallest absolute Gasteiger partial charge is 0.258 e. The maximum Gasteiger partial charge on any atom is 0.258 e. The minimum Gasteiger partial charge on any atom is -0.497 e. The lowest BCUT2D eigenvalue weighted by Crippen LogP contribution is -2.32. The molecule has 176 valence electrons. The number of hydrogen-bond acceptors (Lipinski definition) is 7. The van der Waals surface area contributed by atoms with Gasteiger partial charge in [-0.1, -0.05) is 36.4 Å². The van der Waals surface area contributed by atoms with E-state index in [9.17, 15) is 4.79 Å². The van der Waals surface area contributed by atoms with Crippen molar-refractivity contribution < 1.29 is 19.0 Å². The third kappa shape index (κ3) is 4.98. The Hall–Kier alpha value is -4.66. The Kier molecular flexibility index (Phi) is 6.38. The minimum absolute atomic E-state index is 0.0792. The molecule has 5 rings (SSSR count). The molecule has 9 heteroatoms. The molecule has 0 spiro atoms. The van der Waals surface area contributed by atoms with E-state index < -0.39 is 0 Å². The molecule has 0 unspecified atom stereocenters. The van der Waals surface area contributed by atoms with Gasteiger partial charge in [-0.3, -0.25) is 4.79 Å². The summed E-state index contributed by atoms with van der Waals surface area (Å²) in [7, 11) is 1.62. The Morgan fingerprint density at radius 1 is 0.914 bits per heavy atom. The number of aromatic nitrogens is 4. The zero-order chi connectivity index (χ0) is 24.0. The molecule has 1 amide bonds. The topological polar surface area (TPSA) is 99.9 Å². The molecular weight excluding hydrogens is 446 g/mol. The number of benzene rings is 3. The van der Waals surface area contributed by atoms with Crippen molar-refractivity contribution in [3.05, 3.63) is 78.9 Å². The fourth-order valence-corrected chi connectivity index (χ4v) is 3.63. The van der Waals surface area contributed by atoms with E-state index in [1.807, 2.05) is 66.7 Å². The van der Waals surface area contributed by atoms with E-state index in [4.69, 9.17) is 14.2 Å². The lowest BCUT2D eigenvalue weighted by molar-refractivity contribution is -0.123. The van der Waals surface area contributed by atoms with Crippen LogP contribution in [-0.2, 0) is 4.79 Å². The second kappa shape index (κ2) is 10.1. The first-order valence-corrected chi connectivity index (χ1v) is 11.1. The van der Waals surface area contributed by atoms with Gasteiger partial charge in [-0.05, 0) is 41.8 Å². The molecule has 9 nitrogen and oxygen atoms in total. The number of ether oxygens (including phenoxy) is 3. The number of hydrogen-bond donors (Lipinski definition) is 1. The summed E-state index contributed by atoms with van der Waals surface area (Å²) in [4.78, 5) is 12.2. The van der Waals surface area contributed by atoms with Gasteiger partial charge in [-0.15, -0.1) is 15.3 Å². The first kappa shape index (κ1) is 22.1. The number of fused-ring (bicyclic) bond motifs is 2. The zero-order valence-electron chi connectivity index (χ0n) is 19.0. The Labute approximate surface area is 201 Å². The van der Waals surface area contributed by atoms with Gasteiger partial charge in [-0.25, -0.2) is 0 Å². The van der Waals surface area contributed by atoms with Crippen LogP contribution in [0, 0.1) is 0 Å². The van der Waals surface area contributed by atoms with E-state index >= 15 is 0 Å². The van der Waals surface area contributed by atoms with E-state index in [1.54, 1.807) is 23.8 Å². The fourth-order valence-electron chi connectivity index (χ4n) is 3.63. The van der Waals surface area contributed by atoms with Gasteiger partial charge in [0.05, 0.1) is 13.7 Å². The number of nitrogens with zero attached hydrogens (tertiary/aromatic N) is 4. The first-order chi connectivity index (χ1) is 17.2. The van der Waals surface area contributed by atoms with Crippen molar-refractivity contribution in [2.24, 2.45) is 0 Å². The van der Waals surface area contributed by atoms with Crippen molar-refractivity contribution in [2.75, 3.05) is 26.9 Å². The SMILES string of the molecule is COc1ccc(-c2nnc3ccc(OCCNC(=O)COc4cccc5ccccc45)nn23)cc1. The van der Waals surface area contributed by atoms with Crippen molar-refractivity contribution in [1.29, 1.82) is 0 Å². The molecule has 1 N–H and O–H groups in total. The van der Waals surface area contributed by atoms with Crippen LogP contribution in [0.5, 0.6) is 17.4 Å². The van der Waals surface area contributed by atoms with Crippen LogP contribution >= 0.6 is 0 Å². The monoisotopic (exact) mass is 469 g/mol. The highest BCUT2D eigenvalue weighted by Crippen LogP contribution is 2.25. The summed E-state index contributed by atoms with van der Waals surface area (Å²) >= 11 is 0. The number of amides is 1. The van der Waals surface area contributed by atoms with Crippen LogP contribution in [0.2, 0.25) is 0 Å². The van der Waals surface area contributed by atoms with Crippen molar-refractivity contribution in [2.45, 2.75) is 0 Å². The van der Waals surface area contributed by atoms with Crippen molar-refractivity contribution in [3.8, 4) is 28.8 Å². The van der Waals surface area contributed by atoms with E-state index in [-0.39, 0.29) is 19.1 Å². The molecule has 5 aromatic rings. The lowest BCUT2D eigenvalue weighted by Gasteiger charge is -2.10. The molecule has 0 aliphatic rings. The van der Waals surface area contributed by atoms with Gasteiger partial charge >= 0.3 is 0 Å². The van der Waals surface area contributed by atoms with Gasteiger partial charge in [0.15, 0.2) is 18.1 Å². The molecule has 0 bridgehead atoms. The molecule has 0 atom stereocenters. The number of nitrogens with one attached hydrogen (secondary N) is 1. The summed E-state index contributed by atoms with van der Waals surface area (Å²) in [6.45, 7) is 0.480. The Balaban J connectivity index is 1.14. The summed E-state index contributed by atoms with van der Waals surface area (Å²) in [5, 5.41) is 17.7. The average molecular weight is 470 g/mol. The molecule has 0 aliphatic carbocycles. The Bertz CT molecular complexity index is 1460. The van der Waals surface area contributed by atoms with E-state index in [1.165, 1.54) is 0 Å². The highest BCUT2D eigenvalue weighted by molar-refractivity contribution is 5.88. The molecule has 35 heavy (non-hydrogen) atoms. The summed E-state index contributed by atoms with van der Waals surface area (Å²) in [6.07, 6.45) is 0. The van der Waals surface area contributed by atoms with Gasteiger partial charge in [0.2, 0.25) is 5.88 Å². The summed E-state index contributed by atoms with van der Waals surface area (Å²) in [5.74, 6) is 2.18. The number of methoxy groups -OCH3 is 1. The normalized spacial score (nSPS) is 10.9. The van der Waals surface area contributed by atoms with Gasteiger partial charge in [0.1, 0.15) is 18.1 Å². The summed E-state index contributed by atoms with van der Waals surface area (Å²) in [5.41, 5.74) is 1.45. The Morgan fingerprint density at radius 3 is 2.60 bits per heavy atom. The predicted octanol–water partition coefficient (Wildman–Crippen LogP) is 3.53. The van der Waals surface area contributed by atoms with Crippen LogP contribution < -0.4 is 19.5 Å². The second-order valence-corrected chi connectivity index (χ2v) is 7.66. The van der Waals surface area contributed by atoms with Gasteiger partial charge < -0.3 is 19.5 Å². The molecule has 0 saturated heterocycles. The maximum atomic E-state index is 12.2.